The molecule has 0 aliphatic heterocycles. The standard InChI is InChI=1S/C27H32N4O5/c1-16(2)36-23-15-21-17(13-22(23)35-7)11-12-20-24(26(32)29(6)27(3,4)5)28-30(25(20)21)18-9-8-10-19(14-18)31(33)34/h8-10,13-16H,11-12H2,1-7H3. The second-order valence-corrected chi connectivity index (χ2v) is 10.2. The van der Waals surface area contributed by atoms with E-state index in [1.165, 1.54) is 12.1 Å². The van der Waals surface area contributed by atoms with Gasteiger partial charge in [-0.3, -0.25) is 14.9 Å². The van der Waals surface area contributed by atoms with E-state index in [1.54, 1.807) is 35.9 Å². The number of benzene rings is 2. The topological polar surface area (TPSA) is 99.7 Å². The van der Waals surface area contributed by atoms with Gasteiger partial charge in [-0.1, -0.05) is 6.07 Å². The van der Waals surface area contributed by atoms with Gasteiger partial charge in [0.25, 0.3) is 11.6 Å². The largest absolute Gasteiger partial charge is 0.493 e. The van der Waals surface area contributed by atoms with Crippen molar-refractivity contribution in [3.63, 3.8) is 0 Å². The highest BCUT2D eigenvalue weighted by Gasteiger charge is 2.34. The van der Waals surface area contributed by atoms with E-state index in [-0.39, 0.29) is 17.7 Å². The first-order valence-electron chi connectivity index (χ1n) is 11.9. The molecule has 1 amide bonds. The summed E-state index contributed by atoms with van der Waals surface area (Å²) < 4.78 is 13.3. The third-order valence-corrected chi connectivity index (χ3v) is 6.43. The lowest BCUT2D eigenvalue weighted by Gasteiger charge is -2.31. The molecule has 0 saturated carbocycles. The molecule has 36 heavy (non-hydrogen) atoms. The first-order chi connectivity index (χ1) is 16.9. The molecule has 3 aromatic rings. The van der Waals surface area contributed by atoms with Crippen LogP contribution in [0, 0.1) is 10.1 Å². The molecule has 2 aromatic carbocycles. The number of non-ortho nitro benzene ring substituents is 1. The molecule has 1 aliphatic carbocycles. The number of carbonyl (C=O) groups excluding carboxylic acids is 1. The number of methoxy groups -OCH3 is 1. The highest BCUT2D eigenvalue weighted by atomic mass is 16.6. The van der Waals surface area contributed by atoms with E-state index < -0.39 is 10.5 Å². The molecule has 1 aromatic heterocycles. The van der Waals surface area contributed by atoms with Crippen molar-refractivity contribution in [1.29, 1.82) is 0 Å². The third kappa shape index (κ3) is 4.53. The van der Waals surface area contributed by atoms with Gasteiger partial charge in [0.05, 0.1) is 29.5 Å². The Kier molecular flexibility index (Phi) is 6.51. The monoisotopic (exact) mass is 492 g/mol. The van der Waals surface area contributed by atoms with Gasteiger partial charge in [0.15, 0.2) is 17.2 Å². The number of nitro benzene ring substituents is 1. The van der Waals surface area contributed by atoms with Crippen molar-refractivity contribution in [2.45, 2.75) is 59.1 Å². The molecule has 1 aliphatic rings. The van der Waals surface area contributed by atoms with Crippen LogP contribution in [0.25, 0.3) is 16.9 Å². The number of aromatic nitrogens is 2. The molecule has 0 N–H and O–H groups in total. The van der Waals surface area contributed by atoms with Crippen LogP contribution in [0.2, 0.25) is 0 Å². The maximum Gasteiger partial charge on any atom is 0.274 e. The Labute approximate surface area is 210 Å². The van der Waals surface area contributed by atoms with Crippen LogP contribution in [-0.2, 0) is 12.8 Å². The summed E-state index contributed by atoms with van der Waals surface area (Å²) in [5, 5.41) is 16.2. The number of aryl methyl sites for hydroxylation is 1. The summed E-state index contributed by atoms with van der Waals surface area (Å²) in [6.07, 6.45) is 1.23. The van der Waals surface area contributed by atoms with Crippen LogP contribution in [0.5, 0.6) is 11.5 Å². The number of hydrogen-bond donors (Lipinski definition) is 0. The fourth-order valence-electron chi connectivity index (χ4n) is 4.32. The zero-order valence-corrected chi connectivity index (χ0v) is 21.8. The first kappa shape index (κ1) is 25.2. The molecule has 0 fully saturated rings. The summed E-state index contributed by atoms with van der Waals surface area (Å²) >= 11 is 0. The maximum atomic E-state index is 13.6. The quantitative estimate of drug-likeness (QED) is 0.346. The average molecular weight is 493 g/mol. The fourth-order valence-corrected chi connectivity index (χ4v) is 4.32. The summed E-state index contributed by atoms with van der Waals surface area (Å²) in [4.78, 5) is 26.3. The minimum absolute atomic E-state index is 0.0500. The van der Waals surface area contributed by atoms with Crippen LogP contribution in [0.1, 0.15) is 56.2 Å². The first-order valence-corrected chi connectivity index (χ1v) is 11.9. The van der Waals surface area contributed by atoms with Crippen molar-refractivity contribution in [2.75, 3.05) is 14.2 Å². The summed E-state index contributed by atoms with van der Waals surface area (Å²) in [6, 6.07) is 10.2. The third-order valence-electron chi connectivity index (χ3n) is 6.43. The zero-order chi connectivity index (χ0) is 26.4. The molecular formula is C27H32N4O5. The zero-order valence-electron chi connectivity index (χ0n) is 21.8. The smallest absolute Gasteiger partial charge is 0.274 e. The molecule has 0 unspecified atom stereocenters. The van der Waals surface area contributed by atoms with Crippen molar-refractivity contribution in [1.82, 2.24) is 14.7 Å². The van der Waals surface area contributed by atoms with Gasteiger partial charge in [0, 0.05) is 35.8 Å². The van der Waals surface area contributed by atoms with E-state index in [0.717, 1.165) is 22.4 Å². The van der Waals surface area contributed by atoms with Gasteiger partial charge < -0.3 is 14.4 Å². The molecule has 0 saturated heterocycles. The van der Waals surface area contributed by atoms with E-state index >= 15 is 0 Å². The summed E-state index contributed by atoms with van der Waals surface area (Å²) in [6.45, 7) is 9.78. The van der Waals surface area contributed by atoms with E-state index in [2.05, 4.69) is 0 Å². The number of nitrogens with zero attached hydrogens (tertiary/aromatic N) is 4. The number of hydrogen-bond acceptors (Lipinski definition) is 6. The van der Waals surface area contributed by atoms with E-state index in [1.807, 2.05) is 46.8 Å². The van der Waals surface area contributed by atoms with Crippen LogP contribution < -0.4 is 9.47 Å². The van der Waals surface area contributed by atoms with E-state index in [4.69, 9.17) is 14.6 Å². The van der Waals surface area contributed by atoms with Crippen LogP contribution in [0.4, 0.5) is 5.69 Å². The molecule has 4 rings (SSSR count). The molecule has 190 valence electrons. The summed E-state index contributed by atoms with van der Waals surface area (Å²) in [5.74, 6) is 1.03. The molecule has 0 spiro atoms. The van der Waals surface area contributed by atoms with Crippen molar-refractivity contribution in [2.24, 2.45) is 0 Å². The van der Waals surface area contributed by atoms with Crippen LogP contribution in [0.3, 0.4) is 0 Å². The van der Waals surface area contributed by atoms with Gasteiger partial charge in [0.1, 0.15) is 0 Å². The second kappa shape index (κ2) is 9.29. The van der Waals surface area contributed by atoms with E-state index in [0.29, 0.717) is 35.7 Å². The molecule has 9 heteroatoms. The van der Waals surface area contributed by atoms with Gasteiger partial charge in [-0.2, -0.15) is 5.10 Å². The lowest BCUT2D eigenvalue weighted by molar-refractivity contribution is -0.384. The number of amides is 1. The predicted molar refractivity (Wildman–Crippen MR) is 137 cm³/mol. The number of carbonyl (C=O) groups is 1. The molecular weight excluding hydrogens is 460 g/mol. The number of ether oxygens (including phenoxy) is 2. The number of rotatable bonds is 6. The average Bonchev–Trinajstić information content (AvgIpc) is 3.22. The van der Waals surface area contributed by atoms with Crippen molar-refractivity contribution >= 4 is 11.6 Å². The van der Waals surface area contributed by atoms with Gasteiger partial charge in [-0.25, -0.2) is 4.68 Å². The Bertz CT molecular complexity index is 1340. The Morgan fingerprint density at radius 3 is 2.50 bits per heavy atom. The highest BCUT2D eigenvalue weighted by molar-refractivity contribution is 5.97. The SMILES string of the molecule is COc1cc2c(cc1OC(C)C)-c1c(c(C(=O)N(C)C(C)(C)C)nn1-c1cccc([N+](=O)[O-])c1)CC2. The van der Waals surface area contributed by atoms with Gasteiger partial charge in [0.2, 0.25) is 0 Å². The lowest BCUT2D eigenvalue weighted by Crippen LogP contribution is -2.43. The summed E-state index contributed by atoms with van der Waals surface area (Å²) in [7, 11) is 3.37. The van der Waals surface area contributed by atoms with Gasteiger partial charge >= 0.3 is 0 Å². The van der Waals surface area contributed by atoms with Crippen LogP contribution in [0.15, 0.2) is 36.4 Å². The Balaban J connectivity index is 1.99. The van der Waals surface area contributed by atoms with Gasteiger partial charge in [-0.05, 0) is 71.2 Å². The van der Waals surface area contributed by atoms with Crippen molar-refractivity contribution < 1.29 is 19.2 Å². The molecule has 0 bridgehead atoms. The number of nitro groups is 1. The maximum absolute atomic E-state index is 13.6. The van der Waals surface area contributed by atoms with Crippen molar-refractivity contribution in [3.8, 4) is 28.4 Å². The minimum atomic E-state index is -0.438. The number of fused-ring (bicyclic) bond motifs is 3. The van der Waals surface area contributed by atoms with Crippen LogP contribution in [-0.4, -0.2) is 51.3 Å². The Morgan fingerprint density at radius 2 is 1.89 bits per heavy atom. The second-order valence-electron chi connectivity index (χ2n) is 10.2. The summed E-state index contributed by atoms with van der Waals surface area (Å²) in [5.41, 5.74) is 3.85. The molecule has 9 nitrogen and oxygen atoms in total. The Hall–Kier alpha value is -3.88. The lowest BCUT2D eigenvalue weighted by atomic mass is 9.88. The van der Waals surface area contributed by atoms with Crippen LogP contribution >= 0.6 is 0 Å². The highest BCUT2D eigenvalue weighted by Crippen LogP contribution is 2.43. The molecule has 0 atom stereocenters. The van der Waals surface area contributed by atoms with Gasteiger partial charge in [-0.15, -0.1) is 0 Å². The van der Waals surface area contributed by atoms with Crippen molar-refractivity contribution in [3.05, 3.63) is 63.3 Å². The van der Waals surface area contributed by atoms with E-state index in [9.17, 15) is 14.9 Å². The normalized spacial score (nSPS) is 12.7. The minimum Gasteiger partial charge on any atom is -0.493 e. The molecule has 0 radical (unpaired) electrons. The Morgan fingerprint density at radius 1 is 1.17 bits per heavy atom. The predicted octanol–water partition coefficient (Wildman–Crippen LogP) is 5.21. The molecule has 1 heterocycles. The fraction of sp³-hybridized carbons (Fsp3) is 0.407.